The van der Waals surface area contributed by atoms with Crippen molar-refractivity contribution in [2.45, 2.75) is 39.0 Å². The number of amides is 3. The molecular formula is C41H44N4O5. The monoisotopic (exact) mass is 672 g/mol. The number of fused-ring (bicyclic) bond motifs is 2. The first-order chi connectivity index (χ1) is 24.2. The Morgan fingerprint density at radius 2 is 1.66 bits per heavy atom. The van der Waals surface area contributed by atoms with E-state index in [0.29, 0.717) is 42.3 Å². The Labute approximate surface area is 293 Å². The molecule has 3 N–H and O–H groups in total. The molecule has 6 rings (SSSR count). The molecule has 0 saturated carbocycles. The minimum absolute atomic E-state index is 0.0349. The standard InChI is InChI=1S/C41H44N4O5/c1-28-24-45(29(2)27-46)40(47)23-32-22-33(42-41(48)43-37-15-9-11-31-10-7-8-14-36(31)37)18-21-38(32)50-39(28)26-44(3)25-30-16-19-35(20-17-30)49-34-12-5-4-6-13-34/h4-22,28-29,39,46H,23-27H2,1-3H3,(H2,42,43,48)/t28-,29-,39+/m1/s1. The molecular weight excluding hydrogens is 628 g/mol. The van der Waals surface area contributed by atoms with E-state index in [9.17, 15) is 14.7 Å². The van der Waals surface area contributed by atoms with Crippen LogP contribution in [0.25, 0.3) is 10.8 Å². The lowest BCUT2D eigenvalue weighted by Gasteiger charge is -2.34. The lowest BCUT2D eigenvalue weighted by Crippen LogP contribution is -2.47. The van der Waals surface area contributed by atoms with Crippen LogP contribution in [-0.2, 0) is 17.8 Å². The molecule has 0 bridgehead atoms. The van der Waals surface area contributed by atoms with E-state index in [2.05, 4.69) is 41.6 Å². The smallest absolute Gasteiger partial charge is 0.323 e. The average molecular weight is 673 g/mol. The number of benzene rings is 5. The molecule has 0 aliphatic carbocycles. The van der Waals surface area contributed by atoms with Crippen molar-refractivity contribution in [1.29, 1.82) is 0 Å². The normalized spacial score (nSPS) is 16.8. The fourth-order valence-electron chi connectivity index (χ4n) is 6.32. The number of aliphatic hydroxyl groups excluding tert-OH is 1. The van der Waals surface area contributed by atoms with E-state index in [0.717, 1.165) is 27.8 Å². The first-order valence-electron chi connectivity index (χ1n) is 17.0. The number of carbonyl (C=O) groups is 2. The highest BCUT2D eigenvalue weighted by molar-refractivity contribution is 6.06. The Hall–Kier alpha value is -5.38. The van der Waals surface area contributed by atoms with Crippen molar-refractivity contribution >= 4 is 34.1 Å². The number of hydrogen-bond acceptors (Lipinski definition) is 6. The van der Waals surface area contributed by atoms with Crippen molar-refractivity contribution in [2.75, 3.05) is 37.4 Å². The molecule has 3 amide bonds. The summed E-state index contributed by atoms with van der Waals surface area (Å²) in [6.07, 6.45) is -0.181. The largest absolute Gasteiger partial charge is 0.488 e. The van der Waals surface area contributed by atoms with Crippen molar-refractivity contribution in [1.82, 2.24) is 9.80 Å². The van der Waals surface area contributed by atoms with E-state index in [1.807, 2.05) is 97.9 Å². The summed E-state index contributed by atoms with van der Waals surface area (Å²) in [5, 5.41) is 17.9. The number of likely N-dealkylation sites (N-methyl/N-ethyl adjacent to an activating group) is 1. The molecule has 5 aromatic carbocycles. The number of urea groups is 1. The van der Waals surface area contributed by atoms with Gasteiger partial charge in [-0.05, 0) is 73.5 Å². The fraction of sp³-hybridized carbons (Fsp3) is 0.268. The first kappa shape index (κ1) is 34.5. The number of nitrogens with zero attached hydrogens (tertiary/aromatic N) is 2. The summed E-state index contributed by atoms with van der Waals surface area (Å²) in [7, 11) is 2.05. The van der Waals surface area contributed by atoms with Crippen LogP contribution in [0.4, 0.5) is 16.2 Å². The van der Waals surface area contributed by atoms with Crippen LogP contribution in [0.1, 0.15) is 25.0 Å². The van der Waals surface area contributed by atoms with Crippen molar-refractivity contribution in [2.24, 2.45) is 5.92 Å². The Morgan fingerprint density at radius 1 is 0.940 bits per heavy atom. The third-order valence-electron chi connectivity index (χ3n) is 9.06. The fourth-order valence-corrected chi connectivity index (χ4v) is 6.32. The van der Waals surface area contributed by atoms with Gasteiger partial charge in [0.2, 0.25) is 5.91 Å². The van der Waals surface area contributed by atoms with Crippen LogP contribution in [0.15, 0.2) is 115 Å². The Bertz CT molecular complexity index is 1910. The van der Waals surface area contributed by atoms with Gasteiger partial charge in [0.15, 0.2) is 0 Å². The number of para-hydroxylation sites is 1. The summed E-state index contributed by atoms with van der Waals surface area (Å²) in [4.78, 5) is 30.7. The van der Waals surface area contributed by atoms with Gasteiger partial charge in [0.05, 0.1) is 24.8 Å². The minimum Gasteiger partial charge on any atom is -0.488 e. The molecule has 9 heteroatoms. The van der Waals surface area contributed by atoms with Crippen molar-refractivity contribution in [3.8, 4) is 17.2 Å². The summed E-state index contributed by atoms with van der Waals surface area (Å²) in [6, 6.07) is 36.1. The molecule has 5 aromatic rings. The van der Waals surface area contributed by atoms with Gasteiger partial charge in [-0.1, -0.05) is 73.7 Å². The van der Waals surface area contributed by atoms with Crippen molar-refractivity contribution in [3.05, 3.63) is 126 Å². The van der Waals surface area contributed by atoms with E-state index < -0.39 is 0 Å². The summed E-state index contributed by atoms with van der Waals surface area (Å²) < 4.78 is 12.7. The topological polar surface area (TPSA) is 103 Å². The van der Waals surface area contributed by atoms with Crippen LogP contribution in [0.5, 0.6) is 17.2 Å². The second-order valence-electron chi connectivity index (χ2n) is 13.1. The highest BCUT2D eigenvalue weighted by atomic mass is 16.5. The zero-order chi connectivity index (χ0) is 35.0. The first-order valence-corrected chi connectivity index (χ1v) is 17.0. The zero-order valence-electron chi connectivity index (χ0n) is 28.7. The average Bonchev–Trinajstić information content (AvgIpc) is 3.16. The predicted molar refractivity (Wildman–Crippen MR) is 198 cm³/mol. The third kappa shape index (κ3) is 8.61. The number of anilines is 2. The molecule has 1 aliphatic heterocycles. The number of carbonyl (C=O) groups excluding carboxylic acids is 2. The molecule has 9 nitrogen and oxygen atoms in total. The quantitative estimate of drug-likeness (QED) is 0.142. The number of rotatable bonds is 10. The van der Waals surface area contributed by atoms with Gasteiger partial charge in [-0.2, -0.15) is 0 Å². The molecule has 3 atom stereocenters. The maximum atomic E-state index is 13.7. The number of hydrogen-bond donors (Lipinski definition) is 3. The predicted octanol–water partition coefficient (Wildman–Crippen LogP) is 7.56. The third-order valence-corrected chi connectivity index (χ3v) is 9.06. The van der Waals surface area contributed by atoms with E-state index in [-0.39, 0.29) is 43.0 Å². The Morgan fingerprint density at radius 3 is 2.44 bits per heavy atom. The molecule has 1 aliphatic rings. The van der Waals surface area contributed by atoms with Gasteiger partial charge < -0.3 is 30.1 Å². The second kappa shape index (κ2) is 15.9. The summed E-state index contributed by atoms with van der Waals surface area (Å²) in [5.74, 6) is 2.03. The lowest BCUT2D eigenvalue weighted by atomic mass is 10.0. The molecule has 0 saturated heterocycles. The highest BCUT2D eigenvalue weighted by Crippen LogP contribution is 2.30. The molecule has 0 unspecified atom stereocenters. The molecule has 0 aromatic heterocycles. The van der Waals surface area contributed by atoms with Crippen LogP contribution in [-0.4, -0.2) is 65.7 Å². The van der Waals surface area contributed by atoms with Crippen LogP contribution in [0.2, 0.25) is 0 Å². The Kier molecular flexibility index (Phi) is 11.0. The molecule has 0 fully saturated rings. The van der Waals surface area contributed by atoms with Gasteiger partial charge in [0.25, 0.3) is 0 Å². The van der Waals surface area contributed by atoms with Crippen LogP contribution in [0, 0.1) is 5.92 Å². The minimum atomic E-state index is -0.389. The second-order valence-corrected chi connectivity index (χ2v) is 13.1. The number of ether oxygens (including phenoxy) is 2. The van der Waals surface area contributed by atoms with E-state index in [4.69, 9.17) is 9.47 Å². The summed E-state index contributed by atoms with van der Waals surface area (Å²) in [6.45, 7) is 5.53. The lowest BCUT2D eigenvalue weighted by molar-refractivity contribution is -0.134. The van der Waals surface area contributed by atoms with Crippen LogP contribution >= 0.6 is 0 Å². The molecule has 0 radical (unpaired) electrons. The number of aliphatic hydroxyl groups is 1. The van der Waals surface area contributed by atoms with Gasteiger partial charge >= 0.3 is 6.03 Å². The summed E-state index contributed by atoms with van der Waals surface area (Å²) >= 11 is 0. The maximum Gasteiger partial charge on any atom is 0.323 e. The van der Waals surface area contributed by atoms with Gasteiger partial charge in [-0.15, -0.1) is 0 Å². The van der Waals surface area contributed by atoms with Gasteiger partial charge in [0.1, 0.15) is 23.4 Å². The van der Waals surface area contributed by atoms with Crippen molar-refractivity contribution in [3.63, 3.8) is 0 Å². The zero-order valence-corrected chi connectivity index (χ0v) is 28.7. The van der Waals surface area contributed by atoms with Crippen molar-refractivity contribution < 1.29 is 24.2 Å². The maximum absolute atomic E-state index is 13.7. The molecule has 50 heavy (non-hydrogen) atoms. The van der Waals surface area contributed by atoms with E-state index >= 15 is 0 Å². The molecule has 0 spiro atoms. The van der Waals surface area contributed by atoms with Gasteiger partial charge in [0, 0.05) is 42.2 Å². The Balaban J connectivity index is 1.17. The number of nitrogens with one attached hydrogen (secondary N) is 2. The van der Waals surface area contributed by atoms with E-state index in [1.165, 1.54) is 0 Å². The van der Waals surface area contributed by atoms with Crippen LogP contribution < -0.4 is 20.1 Å². The molecule has 258 valence electrons. The SMILES string of the molecule is C[C@@H]1CN([C@H](C)CO)C(=O)Cc2cc(NC(=O)Nc3cccc4ccccc34)ccc2O[C@H]1CN(C)Cc1ccc(Oc2ccccc2)cc1. The van der Waals surface area contributed by atoms with Gasteiger partial charge in [-0.25, -0.2) is 4.79 Å². The highest BCUT2D eigenvalue weighted by Gasteiger charge is 2.31. The van der Waals surface area contributed by atoms with Gasteiger partial charge in [-0.3, -0.25) is 9.69 Å². The summed E-state index contributed by atoms with van der Waals surface area (Å²) in [5.41, 5.74) is 3.05. The van der Waals surface area contributed by atoms with Crippen LogP contribution in [0.3, 0.4) is 0 Å². The molecule has 1 heterocycles. The van der Waals surface area contributed by atoms with E-state index in [1.54, 1.807) is 17.0 Å².